The number of alkyl halides is 3. The highest BCUT2D eigenvalue weighted by Crippen LogP contribution is 2.42. The van der Waals surface area contributed by atoms with E-state index >= 15 is 0 Å². The van der Waals surface area contributed by atoms with Crippen molar-refractivity contribution in [3.8, 4) is 11.5 Å². The van der Waals surface area contributed by atoms with Crippen LogP contribution in [0.4, 0.5) is 13.2 Å². The lowest BCUT2D eigenvalue weighted by atomic mass is 10.0. The SMILES string of the molecule is C1=Cc2ccccc2OC1.O=C(O)C1=Cc2cc(Cl)cc(Cl)c2O[C@@H]1C(F)(F)F. The average Bonchev–Trinajstić information content (AvgIpc) is 2.66. The smallest absolute Gasteiger partial charge is 0.430 e. The number of rotatable bonds is 1. The van der Waals surface area contributed by atoms with Crippen LogP contribution in [-0.2, 0) is 4.79 Å². The van der Waals surface area contributed by atoms with E-state index in [2.05, 4.69) is 6.08 Å². The molecule has 0 amide bonds. The highest BCUT2D eigenvalue weighted by molar-refractivity contribution is 6.36. The number of aliphatic carboxylic acids is 1. The maximum atomic E-state index is 12.8. The van der Waals surface area contributed by atoms with E-state index in [1.165, 1.54) is 17.7 Å². The Labute approximate surface area is 173 Å². The molecule has 2 aliphatic rings. The van der Waals surface area contributed by atoms with E-state index in [-0.39, 0.29) is 21.4 Å². The molecule has 0 aromatic heterocycles. The van der Waals surface area contributed by atoms with Crippen molar-refractivity contribution in [2.24, 2.45) is 0 Å². The van der Waals surface area contributed by atoms with Crippen molar-refractivity contribution in [1.29, 1.82) is 0 Å². The molecular formula is C20H13Cl2F3O4. The van der Waals surface area contributed by atoms with Gasteiger partial charge in [-0.3, -0.25) is 0 Å². The number of para-hydroxylation sites is 1. The number of carbonyl (C=O) groups is 1. The fraction of sp³-hybridized carbons (Fsp3) is 0.150. The second kappa shape index (κ2) is 8.39. The van der Waals surface area contributed by atoms with Gasteiger partial charge in [0.25, 0.3) is 0 Å². The molecule has 1 atom stereocenters. The monoisotopic (exact) mass is 444 g/mol. The molecule has 0 fully saturated rings. The van der Waals surface area contributed by atoms with Crippen molar-refractivity contribution in [2.75, 3.05) is 6.61 Å². The van der Waals surface area contributed by atoms with Crippen molar-refractivity contribution in [3.05, 3.63) is 69.2 Å². The lowest BCUT2D eigenvalue weighted by Gasteiger charge is -2.27. The molecule has 2 heterocycles. The lowest BCUT2D eigenvalue weighted by molar-refractivity contribution is -0.187. The minimum Gasteiger partial charge on any atom is -0.489 e. The summed E-state index contributed by atoms with van der Waals surface area (Å²) in [6.07, 6.45) is -2.46. The number of fused-ring (bicyclic) bond motifs is 2. The predicted molar refractivity (Wildman–Crippen MR) is 104 cm³/mol. The third-order valence-corrected chi connectivity index (χ3v) is 4.46. The molecule has 0 aliphatic carbocycles. The Balaban J connectivity index is 0.000000200. The summed E-state index contributed by atoms with van der Waals surface area (Å²) in [5, 5.41) is 8.87. The Morgan fingerprint density at radius 1 is 1.14 bits per heavy atom. The highest BCUT2D eigenvalue weighted by Gasteiger charge is 2.48. The molecule has 0 bridgehead atoms. The lowest BCUT2D eigenvalue weighted by Crippen LogP contribution is -2.40. The van der Waals surface area contributed by atoms with E-state index in [0.29, 0.717) is 6.61 Å². The van der Waals surface area contributed by atoms with Crippen LogP contribution in [0.1, 0.15) is 11.1 Å². The zero-order chi connectivity index (χ0) is 21.2. The zero-order valence-corrected chi connectivity index (χ0v) is 16.1. The molecule has 2 aromatic carbocycles. The fourth-order valence-electron chi connectivity index (χ4n) is 2.72. The van der Waals surface area contributed by atoms with Crippen molar-refractivity contribution < 1.29 is 32.5 Å². The first-order valence-electron chi connectivity index (χ1n) is 8.22. The first-order chi connectivity index (χ1) is 13.7. The number of hydrogen-bond donors (Lipinski definition) is 1. The first-order valence-corrected chi connectivity index (χ1v) is 8.98. The second-order valence-electron chi connectivity index (χ2n) is 6.00. The summed E-state index contributed by atoms with van der Waals surface area (Å²) in [6, 6.07) is 10.5. The Kier molecular flexibility index (Phi) is 6.10. The van der Waals surface area contributed by atoms with E-state index in [0.717, 1.165) is 11.8 Å². The van der Waals surface area contributed by atoms with Crippen LogP contribution in [0.25, 0.3) is 12.2 Å². The Bertz CT molecular complexity index is 1000. The topological polar surface area (TPSA) is 55.8 Å². The molecule has 0 saturated heterocycles. The van der Waals surface area contributed by atoms with E-state index in [1.54, 1.807) is 0 Å². The van der Waals surface area contributed by atoms with Gasteiger partial charge in [-0.15, -0.1) is 0 Å². The summed E-state index contributed by atoms with van der Waals surface area (Å²) in [5.41, 5.74) is 0.350. The van der Waals surface area contributed by atoms with Gasteiger partial charge >= 0.3 is 12.1 Å². The molecule has 2 aromatic rings. The number of carboxylic acids is 1. The third-order valence-electron chi connectivity index (χ3n) is 3.96. The molecule has 9 heteroatoms. The number of benzene rings is 2. The Hall–Kier alpha value is -2.64. The van der Waals surface area contributed by atoms with Crippen LogP contribution in [0.3, 0.4) is 0 Å². The third kappa shape index (κ3) is 4.86. The second-order valence-corrected chi connectivity index (χ2v) is 6.85. The summed E-state index contributed by atoms with van der Waals surface area (Å²) in [7, 11) is 0. The molecule has 4 rings (SSSR count). The maximum Gasteiger partial charge on any atom is 0.430 e. The van der Waals surface area contributed by atoms with E-state index in [4.69, 9.17) is 37.8 Å². The van der Waals surface area contributed by atoms with Gasteiger partial charge in [0.1, 0.15) is 18.1 Å². The number of halogens is 5. The van der Waals surface area contributed by atoms with Gasteiger partial charge in [-0.05, 0) is 30.4 Å². The van der Waals surface area contributed by atoms with Crippen molar-refractivity contribution in [1.82, 2.24) is 0 Å². The van der Waals surface area contributed by atoms with Crippen LogP contribution in [0.15, 0.2) is 48.0 Å². The van der Waals surface area contributed by atoms with E-state index in [9.17, 15) is 18.0 Å². The molecule has 2 aliphatic heterocycles. The summed E-state index contributed by atoms with van der Waals surface area (Å²) in [4.78, 5) is 10.9. The van der Waals surface area contributed by atoms with Gasteiger partial charge in [-0.25, -0.2) is 4.79 Å². The molecule has 1 N–H and O–H groups in total. The number of carboxylic acid groups (broad SMARTS) is 1. The molecule has 0 radical (unpaired) electrons. The Morgan fingerprint density at radius 3 is 2.52 bits per heavy atom. The van der Waals surface area contributed by atoms with Crippen LogP contribution in [0.2, 0.25) is 10.0 Å². The minimum absolute atomic E-state index is 0.0930. The van der Waals surface area contributed by atoms with Gasteiger partial charge in [-0.2, -0.15) is 13.2 Å². The van der Waals surface area contributed by atoms with Crippen LogP contribution in [-0.4, -0.2) is 30.0 Å². The van der Waals surface area contributed by atoms with Crippen molar-refractivity contribution in [3.63, 3.8) is 0 Å². The fourth-order valence-corrected chi connectivity index (χ4v) is 3.27. The number of ether oxygens (including phenoxy) is 2. The van der Waals surface area contributed by atoms with Gasteiger partial charge in [0, 0.05) is 16.1 Å². The van der Waals surface area contributed by atoms with Crippen LogP contribution in [0, 0.1) is 0 Å². The summed E-state index contributed by atoms with van der Waals surface area (Å²) < 4.78 is 48.3. The van der Waals surface area contributed by atoms with Crippen LogP contribution in [0.5, 0.6) is 11.5 Å². The van der Waals surface area contributed by atoms with Crippen LogP contribution >= 0.6 is 23.2 Å². The molecule has 4 nitrogen and oxygen atoms in total. The van der Waals surface area contributed by atoms with Crippen molar-refractivity contribution in [2.45, 2.75) is 12.3 Å². The molecule has 29 heavy (non-hydrogen) atoms. The molecule has 0 unspecified atom stereocenters. The summed E-state index contributed by atoms with van der Waals surface area (Å²) in [6.45, 7) is 0.705. The van der Waals surface area contributed by atoms with E-state index in [1.807, 2.05) is 30.3 Å². The van der Waals surface area contributed by atoms with Gasteiger partial charge in [-0.1, -0.05) is 47.5 Å². The molecule has 152 valence electrons. The summed E-state index contributed by atoms with van der Waals surface area (Å²) in [5.74, 6) is -0.965. The largest absolute Gasteiger partial charge is 0.489 e. The van der Waals surface area contributed by atoms with Gasteiger partial charge in [0.15, 0.2) is 0 Å². The van der Waals surface area contributed by atoms with Gasteiger partial charge in [0.05, 0.1) is 10.6 Å². The van der Waals surface area contributed by atoms with Gasteiger partial charge in [0.2, 0.25) is 6.10 Å². The zero-order valence-electron chi connectivity index (χ0n) is 14.5. The molecule has 0 saturated carbocycles. The predicted octanol–water partition coefficient (Wildman–Crippen LogP) is 5.88. The highest BCUT2D eigenvalue weighted by atomic mass is 35.5. The van der Waals surface area contributed by atoms with Gasteiger partial charge < -0.3 is 14.6 Å². The normalized spacial score (nSPS) is 16.9. The average molecular weight is 445 g/mol. The van der Waals surface area contributed by atoms with E-state index < -0.39 is 23.8 Å². The maximum absolute atomic E-state index is 12.8. The quantitative estimate of drug-likeness (QED) is 0.596. The number of hydrogen-bond acceptors (Lipinski definition) is 3. The van der Waals surface area contributed by atoms with Crippen molar-refractivity contribution >= 4 is 41.3 Å². The van der Waals surface area contributed by atoms with Crippen LogP contribution < -0.4 is 9.47 Å². The summed E-state index contributed by atoms with van der Waals surface area (Å²) >= 11 is 11.4. The molecule has 0 spiro atoms. The first kappa shape index (κ1) is 21.1. The minimum atomic E-state index is -4.86. The molecular weight excluding hydrogens is 432 g/mol. The Morgan fingerprint density at radius 2 is 1.86 bits per heavy atom. The standard InChI is InChI=1S/C11H5Cl2F3O3.C9H8O/c12-5-1-4-2-6(10(17)18)9(11(14,15)16)19-8(4)7(13)3-5;1-2-6-9-8(4-1)5-3-7-10-9/h1-3,9H,(H,17,18);1-6H,7H2/t9-;/m0./s1.